The molecule has 14 heteroatoms. The van der Waals surface area contributed by atoms with Gasteiger partial charge in [0.1, 0.15) is 11.9 Å². The second kappa shape index (κ2) is 12.9. The number of alkyl halides is 2. The smallest absolute Gasteiger partial charge is 0.338 e. The average Bonchev–Trinajstić information content (AvgIpc) is 3.43. The predicted octanol–water partition coefficient (Wildman–Crippen LogP) is 3.90. The van der Waals surface area contributed by atoms with Crippen LogP contribution in [0.5, 0.6) is 0 Å². The maximum Gasteiger partial charge on any atom is 0.338 e. The highest BCUT2D eigenvalue weighted by Crippen LogP contribution is 2.37. The van der Waals surface area contributed by atoms with E-state index < -0.39 is 48.6 Å². The molecular weight excluding hydrogens is 561 g/mol. The molecule has 3 atom stereocenters. The lowest BCUT2D eigenvalue weighted by molar-refractivity contribution is -0.140. The topological polar surface area (TPSA) is 113 Å². The number of carbonyl (C=O) groups is 2. The van der Waals surface area contributed by atoms with Crippen molar-refractivity contribution in [2.45, 2.75) is 31.4 Å². The molecule has 4 rings (SSSR count). The van der Waals surface area contributed by atoms with Gasteiger partial charge in [0, 0.05) is 52.9 Å². The van der Waals surface area contributed by atoms with Crippen molar-refractivity contribution in [2.24, 2.45) is 10.9 Å². The lowest BCUT2D eigenvalue weighted by Crippen LogP contribution is -2.50. The second-order valence-corrected chi connectivity index (χ2v) is 10.3. The molecule has 2 aliphatic rings. The number of aliphatic imine (C=N–C) groups is 1. The van der Waals surface area contributed by atoms with E-state index in [2.05, 4.69) is 15.3 Å². The van der Waals surface area contributed by atoms with Crippen molar-refractivity contribution >= 4 is 40.7 Å². The molecule has 2 aliphatic heterocycles. The Balaban J connectivity index is 1.74. The summed E-state index contributed by atoms with van der Waals surface area (Å²) in [6.45, 7) is 0.862. The Morgan fingerprint density at radius 2 is 2.18 bits per heavy atom. The number of morpholine rings is 1. The number of carboxylic acid groups (broad SMARTS) is 1. The van der Waals surface area contributed by atoms with E-state index in [1.807, 2.05) is 4.90 Å². The number of rotatable bonds is 10. The minimum Gasteiger partial charge on any atom is -0.481 e. The quantitative estimate of drug-likeness (QED) is 0.403. The summed E-state index contributed by atoms with van der Waals surface area (Å²) in [7, 11) is 1.22. The number of thiazole rings is 1. The number of aliphatic carboxylic acids is 1. The number of halogens is 4. The van der Waals surface area contributed by atoms with Gasteiger partial charge in [-0.3, -0.25) is 14.7 Å². The van der Waals surface area contributed by atoms with Crippen molar-refractivity contribution in [1.29, 1.82) is 0 Å². The molecule has 39 heavy (non-hydrogen) atoms. The van der Waals surface area contributed by atoms with Gasteiger partial charge in [0.05, 0.1) is 32.3 Å². The Hall–Kier alpha value is -3.00. The Morgan fingerprint density at radius 1 is 1.38 bits per heavy atom. The number of esters is 1. The lowest BCUT2D eigenvalue weighted by Gasteiger charge is -2.39. The molecule has 0 amide bonds. The van der Waals surface area contributed by atoms with Crippen molar-refractivity contribution in [3.05, 3.63) is 62.5 Å². The summed E-state index contributed by atoms with van der Waals surface area (Å²) in [5, 5.41) is 14.6. The molecule has 210 valence electrons. The Bertz CT molecular complexity index is 1260. The summed E-state index contributed by atoms with van der Waals surface area (Å²) in [6, 6.07) is 2.26. The van der Waals surface area contributed by atoms with Gasteiger partial charge in [0.2, 0.25) is 6.43 Å². The zero-order valence-corrected chi connectivity index (χ0v) is 22.4. The third-order valence-electron chi connectivity index (χ3n) is 6.50. The molecule has 1 aromatic heterocycles. The number of benzene rings is 1. The first-order valence-corrected chi connectivity index (χ1v) is 13.3. The van der Waals surface area contributed by atoms with E-state index in [-0.39, 0.29) is 30.2 Å². The molecule has 0 spiro atoms. The molecule has 0 radical (unpaired) electrons. The second-order valence-electron chi connectivity index (χ2n) is 9.02. The Labute approximate surface area is 231 Å². The van der Waals surface area contributed by atoms with Crippen LogP contribution in [0, 0.1) is 11.7 Å². The monoisotopic (exact) mass is 586 g/mol. The fourth-order valence-electron chi connectivity index (χ4n) is 4.63. The molecule has 1 saturated heterocycles. The number of nitrogens with one attached hydrogen (secondary N) is 1. The van der Waals surface area contributed by atoms with Gasteiger partial charge in [-0.2, -0.15) is 0 Å². The number of amidine groups is 1. The van der Waals surface area contributed by atoms with Crippen LogP contribution in [0.15, 0.2) is 46.0 Å². The van der Waals surface area contributed by atoms with Gasteiger partial charge in [-0.15, -0.1) is 11.3 Å². The molecule has 3 unspecified atom stereocenters. The van der Waals surface area contributed by atoms with Crippen molar-refractivity contribution in [2.75, 3.05) is 33.4 Å². The van der Waals surface area contributed by atoms with Gasteiger partial charge in [-0.1, -0.05) is 17.7 Å². The van der Waals surface area contributed by atoms with E-state index >= 15 is 0 Å². The van der Waals surface area contributed by atoms with E-state index in [1.165, 1.54) is 30.6 Å². The number of carbonyl (C=O) groups excluding carboxylic acids is 1. The maximum absolute atomic E-state index is 13.9. The Kier molecular flexibility index (Phi) is 9.59. The minimum atomic E-state index is -2.82. The first-order valence-electron chi connectivity index (χ1n) is 12.0. The van der Waals surface area contributed by atoms with Gasteiger partial charge >= 0.3 is 11.9 Å². The Morgan fingerprint density at radius 3 is 2.82 bits per heavy atom. The number of hydrogen-bond acceptors (Lipinski definition) is 9. The highest BCUT2D eigenvalue weighted by molar-refractivity contribution is 7.11. The fraction of sp³-hybridized carbons (Fsp3) is 0.440. The summed E-state index contributed by atoms with van der Waals surface area (Å²) in [5.41, 5.74) is 0.864. The lowest BCUT2D eigenvalue weighted by atomic mass is 9.93. The van der Waals surface area contributed by atoms with Crippen LogP contribution < -0.4 is 5.32 Å². The molecule has 1 aromatic carbocycles. The summed E-state index contributed by atoms with van der Waals surface area (Å²) in [4.78, 5) is 35.1. The highest BCUT2D eigenvalue weighted by atomic mass is 35.5. The zero-order chi connectivity index (χ0) is 28.1. The molecule has 0 aliphatic carbocycles. The van der Waals surface area contributed by atoms with Crippen LogP contribution in [-0.4, -0.2) is 78.6 Å². The largest absolute Gasteiger partial charge is 0.481 e. The SMILES string of the molecule is COC(=O)C1=C(CN2CCOCC2CC(CC(=O)O)C(F)F)NC(c2nccs2)=NC1c1ccc(F)cc1Cl. The summed E-state index contributed by atoms with van der Waals surface area (Å²) in [5.74, 6) is -3.60. The minimum absolute atomic E-state index is 0.0580. The normalized spacial score (nSPS) is 20.9. The van der Waals surface area contributed by atoms with Gasteiger partial charge in [-0.25, -0.2) is 22.9 Å². The molecule has 9 nitrogen and oxygen atoms in total. The summed E-state index contributed by atoms with van der Waals surface area (Å²) in [6.07, 6.45) is -2.03. The zero-order valence-electron chi connectivity index (χ0n) is 20.8. The van der Waals surface area contributed by atoms with Crippen molar-refractivity contribution < 1.29 is 37.3 Å². The van der Waals surface area contributed by atoms with Crippen LogP contribution in [-0.2, 0) is 19.1 Å². The molecule has 3 heterocycles. The fourth-order valence-corrected chi connectivity index (χ4v) is 5.49. The predicted molar refractivity (Wildman–Crippen MR) is 138 cm³/mol. The van der Waals surface area contributed by atoms with Gasteiger partial charge < -0.3 is 19.9 Å². The van der Waals surface area contributed by atoms with Crippen LogP contribution >= 0.6 is 22.9 Å². The number of aromatic nitrogens is 1. The molecule has 2 aromatic rings. The van der Waals surface area contributed by atoms with Crippen LogP contribution in [0.25, 0.3) is 0 Å². The van der Waals surface area contributed by atoms with E-state index in [0.29, 0.717) is 35.3 Å². The average molecular weight is 587 g/mol. The van der Waals surface area contributed by atoms with Gasteiger partial charge in [0.15, 0.2) is 10.8 Å². The van der Waals surface area contributed by atoms with Crippen molar-refractivity contribution in [1.82, 2.24) is 15.2 Å². The number of ether oxygens (including phenoxy) is 2. The van der Waals surface area contributed by atoms with Gasteiger partial charge in [-0.05, 0) is 18.6 Å². The maximum atomic E-state index is 13.9. The van der Waals surface area contributed by atoms with E-state index in [1.54, 1.807) is 11.6 Å². The van der Waals surface area contributed by atoms with E-state index in [4.69, 9.17) is 26.2 Å². The van der Waals surface area contributed by atoms with Crippen LogP contribution in [0.4, 0.5) is 13.2 Å². The molecule has 0 saturated carbocycles. The molecule has 1 fully saturated rings. The number of nitrogens with zero attached hydrogens (tertiary/aromatic N) is 3. The third kappa shape index (κ3) is 6.96. The molecule has 2 N–H and O–H groups in total. The third-order valence-corrected chi connectivity index (χ3v) is 7.61. The number of carboxylic acids is 1. The van der Waals surface area contributed by atoms with Crippen LogP contribution in [0.2, 0.25) is 5.02 Å². The van der Waals surface area contributed by atoms with E-state index in [9.17, 15) is 22.8 Å². The van der Waals surface area contributed by atoms with Crippen LogP contribution in [0.1, 0.15) is 29.5 Å². The van der Waals surface area contributed by atoms with Crippen molar-refractivity contribution in [3.63, 3.8) is 0 Å². The van der Waals surface area contributed by atoms with Gasteiger partial charge in [0.25, 0.3) is 0 Å². The number of hydrogen-bond donors (Lipinski definition) is 2. The summed E-state index contributed by atoms with van der Waals surface area (Å²) < 4.78 is 51.8. The first kappa shape index (κ1) is 29.0. The van der Waals surface area contributed by atoms with Crippen molar-refractivity contribution in [3.8, 4) is 0 Å². The van der Waals surface area contributed by atoms with E-state index in [0.717, 1.165) is 6.07 Å². The molecule has 0 bridgehead atoms. The highest BCUT2D eigenvalue weighted by Gasteiger charge is 2.37. The standard InChI is InChI=1S/C25H26ClF3N4O5S/c1-37-25(36)20-18(11-33-5-6-38-12-15(33)8-13(22(28)29)9-19(34)35)31-23(24-30-4-7-39-24)32-21(20)16-3-2-14(27)10-17(16)26/h2-4,7,10,13,15,21-22H,5-6,8-9,11-12H2,1H3,(H,31,32)(H,34,35). The summed E-state index contributed by atoms with van der Waals surface area (Å²) >= 11 is 7.68. The first-order chi connectivity index (χ1) is 18.7. The molecular formula is C25H26ClF3N4O5S. The van der Waals surface area contributed by atoms with Crippen LogP contribution in [0.3, 0.4) is 0 Å². The number of methoxy groups -OCH3 is 1.